The number of hydrazine groups is 1. The van der Waals surface area contributed by atoms with E-state index >= 15 is 0 Å². The van der Waals surface area contributed by atoms with Gasteiger partial charge in [-0.1, -0.05) is 45.6 Å². The van der Waals surface area contributed by atoms with Crippen LogP contribution in [0, 0.1) is 0 Å². The highest BCUT2D eigenvalue weighted by Gasteiger charge is 2.57. The molecule has 0 bridgehead atoms. The molecule has 2 saturated heterocycles. The van der Waals surface area contributed by atoms with Crippen LogP contribution in [-0.2, 0) is 42.7 Å². The minimum Gasteiger partial charge on any atom is -0.497 e. The van der Waals surface area contributed by atoms with E-state index in [2.05, 4.69) is 35.1 Å². The maximum atomic E-state index is 12.5. The number of carbonyl (C=O) groups is 3. The number of benzene rings is 2. The van der Waals surface area contributed by atoms with Crippen LogP contribution < -0.4 is 30.9 Å². The highest BCUT2D eigenvalue weighted by molar-refractivity contribution is 9.48. The average molecular weight is 720 g/mol. The van der Waals surface area contributed by atoms with Crippen LogP contribution in [-0.4, -0.2) is 60.5 Å². The fourth-order valence-electron chi connectivity index (χ4n) is 4.22. The van der Waals surface area contributed by atoms with Crippen molar-refractivity contribution in [3.8, 4) is 11.5 Å². The first-order valence-corrected chi connectivity index (χ1v) is 23.1. The Bertz CT molecular complexity index is 1400. The van der Waals surface area contributed by atoms with Gasteiger partial charge in [0.1, 0.15) is 28.4 Å². The zero-order valence-electron chi connectivity index (χ0n) is 26.2. The van der Waals surface area contributed by atoms with E-state index in [1.165, 1.54) is 22.4 Å². The van der Waals surface area contributed by atoms with E-state index in [1.54, 1.807) is 55.8 Å². The second-order valence-corrected chi connectivity index (χ2v) is 32.8. The monoisotopic (exact) mass is 719 g/mol. The molecule has 2 aliphatic heterocycles. The molecule has 1 atom stereocenters. The van der Waals surface area contributed by atoms with Crippen molar-refractivity contribution in [2.24, 2.45) is 0 Å². The van der Waals surface area contributed by atoms with Gasteiger partial charge in [0, 0.05) is 17.5 Å². The second-order valence-electron chi connectivity index (χ2n) is 11.5. The van der Waals surface area contributed by atoms with Crippen LogP contribution in [0.5, 0.6) is 11.5 Å². The van der Waals surface area contributed by atoms with E-state index in [4.69, 9.17) is 42.6 Å². The molecule has 2 N–H and O–H groups in total. The fourth-order valence-corrected chi connectivity index (χ4v) is 46.5. The Hall–Kier alpha value is -1.79. The maximum Gasteiger partial charge on any atom is 0.413 e. The van der Waals surface area contributed by atoms with Gasteiger partial charge in [-0.2, -0.15) is 0 Å². The Morgan fingerprint density at radius 3 is 1.66 bits per heavy atom. The summed E-state index contributed by atoms with van der Waals surface area (Å²) in [5, 5.41) is 2.43. The minimum absolute atomic E-state index is 0.00926. The van der Waals surface area contributed by atoms with Crippen LogP contribution in [0.3, 0.4) is 0 Å². The van der Waals surface area contributed by atoms with Crippen molar-refractivity contribution in [3.05, 3.63) is 48.5 Å². The molecule has 1 unspecified atom stereocenters. The first-order valence-electron chi connectivity index (χ1n) is 13.4. The number of hydrogen-bond donors (Lipinski definition) is 2. The third-order valence-electron chi connectivity index (χ3n) is 6.36. The van der Waals surface area contributed by atoms with E-state index in [1.807, 2.05) is 46.3 Å². The van der Waals surface area contributed by atoms with Gasteiger partial charge in [-0.3, -0.25) is 25.3 Å². The molecule has 2 aromatic rings. The normalized spacial score (nSPS) is 25.4. The summed E-state index contributed by atoms with van der Waals surface area (Å²) in [6, 6.07) is 16.2. The summed E-state index contributed by atoms with van der Waals surface area (Å²) in [6.45, 7) is 11.4. The number of hydrogen-bond acceptors (Lipinski definition) is 11. The summed E-state index contributed by atoms with van der Waals surface area (Å²) in [4.78, 5) is 37.1. The third-order valence-corrected chi connectivity index (χ3v) is 37.6. The van der Waals surface area contributed by atoms with Gasteiger partial charge in [-0.05, 0) is 90.1 Å². The zero-order chi connectivity index (χ0) is 33.1. The zero-order valence-corrected chi connectivity index (χ0v) is 31.2. The predicted molar refractivity (Wildman–Crippen MR) is 187 cm³/mol. The van der Waals surface area contributed by atoms with Crippen molar-refractivity contribution in [1.82, 2.24) is 15.8 Å². The highest BCUT2D eigenvalue weighted by atomic mass is 33.7. The fraction of sp³-hybridized carbons (Fsp3) is 0.464. The molecule has 16 heteroatoms. The average Bonchev–Trinajstić information content (AvgIpc) is 3.19. The standard InChI is InChI=1S/C14H25N3O5.C14H14O2P2S4/c1-9(18)15-16-10(19)14(7)8-21-13(5,6)17(14)11(20)22-12(2,3)4;1-15-11-3-7-13(8-4-11)17(19)21-18(20,22-17)14-9-5-12(16-2)6-10-14/h8H2,1-7H3,(H,15,18)(H,16,19);3-10H,1-2H3. The van der Waals surface area contributed by atoms with E-state index in [0.29, 0.717) is 0 Å². The number of ether oxygens (including phenoxy) is 4. The van der Waals surface area contributed by atoms with Gasteiger partial charge in [0.05, 0.1) is 29.7 Å². The van der Waals surface area contributed by atoms with E-state index in [9.17, 15) is 14.4 Å². The number of rotatable bonds is 5. The van der Waals surface area contributed by atoms with Crippen LogP contribution in [0.1, 0.15) is 48.5 Å². The van der Waals surface area contributed by atoms with Gasteiger partial charge in [-0.15, -0.1) is 0 Å². The van der Waals surface area contributed by atoms with Crippen LogP contribution >= 0.6 is 30.9 Å². The SMILES string of the molecule is CC(=O)NNC(=O)C1(C)COC(C)(C)N1C(=O)OC(C)(C)C.COc1ccc(P2(=S)SP(=S)(c3ccc(OC)cc3)S2)cc1. The van der Waals surface area contributed by atoms with Crippen molar-refractivity contribution in [3.63, 3.8) is 0 Å². The summed E-state index contributed by atoms with van der Waals surface area (Å²) in [5.74, 6) is 0.740. The second kappa shape index (κ2) is 13.9. The van der Waals surface area contributed by atoms with Crippen molar-refractivity contribution >= 4 is 83.0 Å². The van der Waals surface area contributed by atoms with Gasteiger partial charge in [0.2, 0.25) is 5.91 Å². The van der Waals surface area contributed by atoms with Crippen LogP contribution in [0.4, 0.5) is 4.79 Å². The molecule has 2 fully saturated rings. The first kappa shape index (κ1) is 36.7. The molecule has 4 rings (SSSR count). The Kier molecular flexibility index (Phi) is 11.6. The topological polar surface area (TPSA) is 115 Å². The molecule has 0 spiro atoms. The minimum atomic E-state index is -1.66. The Balaban J connectivity index is 0.000000240. The third kappa shape index (κ3) is 8.51. The van der Waals surface area contributed by atoms with E-state index in [-0.39, 0.29) is 6.61 Å². The van der Waals surface area contributed by atoms with Crippen molar-refractivity contribution in [2.45, 2.75) is 65.3 Å². The van der Waals surface area contributed by atoms with Gasteiger partial charge in [-0.25, -0.2) is 4.79 Å². The highest BCUT2D eigenvalue weighted by Crippen LogP contribution is 3.04. The predicted octanol–water partition coefficient (Wildman–Crippen LogP) is 5.67. The molecule has 0 aromatic heterocycles. The first-order chi connectivity index (χ1) is 20.3. The lowest BCUT2D eigenvalue weighted by atomic mass is 10.0. The maximum absolute atomic E-state index is 12.5. The lowest BCUT2D eigenvalue weighted by molar-refractivity contribution is -0.136. The van der Waals surface area contributed by atoms with Gasteiger partial charge < -0.3 is 18.9 Å². The molecule has 2 heterocycles. The number of amides is 3. The largest absolute Gasteiger partial charge is 0.497 e. The van der Waals surface area contributed by atoms with Gasteiger partial charge in [0.25, 0.3) is 5.91 Å². The van der Waals surface area contributed by atoms with Crippen molar-refractivity contribution in [2.75, 3.05) is 20.8 Å². The molecule has 2 aromatic carbocycles. The van der Waals surface area contributed by atoms with Crippen LogP contribution in [0.2, 0.25) is 0 Å². The molecule has 3 amide bonds. The van der Waals surface area contributed by atoms with E-state index < -0.39 is 43.7 Å². The molecular weight excluding hydrogens is 681 g/mol. The molecule has 0 saturated carbocycles. The van der Waals surface area contributed by atoms with Crippen molar-refractivity contribution < 1.29 is 33.3 Å². The summed E-state index contributed by atoms with van der Waals surface area (Å²) in [6.07, 6.45) is -0.657. The quantitative estimate of drug-likeness (QED) is 0.294. The summed E-state index contributed by atoms with van der Waals surface area (Å²) >= 11 is 15.5. The Morgan fingerprint density at radius 2 is 1.30 bits per heavy atom. The van der Waals surface area contributed by atoms with Crippen LogP contribution in [0.15, 0.2) is 48.5 Å². The number of nitrogens with zero attached hydrogens (tertiary/aromatic N) is 1. The molecule has 0 aliphatic carbocycles. The van der Waals surface area contributed by atoms with Crippen molar-refractivity contribution in [1.29, 1.82) is 0 Å². The lowest BCUT2D eigenvalue weighted by Gasteiger charge is -2.40. The van der Waals surface area contributed by atoms with Crippen LogP contribution in [0.25, 0.3) is 0 Å². The van der Waals surface area contributed by atoms with Gasteiger partial charge >= 0.3 is 6.09 Å². The molecule has 10 nitrogen and oxygen atoms in total. The molecule has 2 aliphatic rings. The molecular formula is C28H39N3O7P2S4. The summed E-state index contributed by atoms with van der Waals surface area (Å²) in [5.41, 5.74) is 1.48. The van der Waals surface area contributed by atoms with E-state index in [0.717, 1.165) is 11.5 Å². The molecule has 44 heavy (non-hydrogen) atoms. The number of carbonyl (C=O) groups excluding carboxylic acids is 3. The summed E-state index contributed by atoms with van der Waals surface area (Å²) < 4.78 is 18.0. The lowest BCUT2D eigenvalue weighted by Crippen LogP contribution is -2.63. The number of methoxy groups -OCH3 is 2. The molecule has 242 valence electrons. The summed E-state index contributed by atoms with van der Waals surface area (Å²) in [7, 11) is 3.34. The Morgan fingerprint density at radius 1 is 0.864 bits per heavy atom. The smallest absolute Gasteiger partial charge is 0.413 e. The van der Waals surface area contributed by atoms with Gasteiger partial charge in [0.15, 0.2) is 0 Å². The molecule has 0 radical (unpaired) electrons. The Labute approximate surface area is 277 Å². The number of nitrogens with one attached hydrogen (secondary N) is 2.